The number of carbonyl (C=O) groups excluding carboxylic acids is 2. The number of hydrogen-bond acceptors (Lipinski definition) is 5. The summed E-state index contributed by atoms with van der Waals surface area (Å²) in [6.45, 7) is 8.32. The normalized spacial score (nSPS) is 10.3. The summed E-state index contributed by atoms with van der Waals surface area (Å²) in [6.07, 6.45) is 0.772. The quantitative estimate of drug-likeness (QED) is 0.521. The maximum absolute atomic E-state index is 12.3. The molecule has 0 saturated heterocycles. The Hall–Kier alpha value is -2.82. The first-order chi connectivity index (χ1) is 12.6. The largest absolute Gasteiger partial charge is 0.462 e. The van der Waals surface area contributed by atoms with Gasteiger partial charge in [-0.3, -0.25) is 0 Å². The van der Waals surface area contributed by atoms with E-state index in [0.29, 0.717) is 23.5 Å². The summed E-state index contributed by atoms with van der Waals surface area (Å²) in [5.74, 6) is -0.427. The Morgan fingerprint density at radius 1 is 0.808 bits per heavy atom. The first-order valence-corrected chi connectivity index (χ1v) is 8.93. The van der Waals surface area contributed by atoms with E-state index < -0.39 is 5.97 Å². The van der Waals surface area contributed by atoms with E-state index >= 15 is 0 Å². The fourth-order valence-corrected chi connectivity index (χ4v) is 2.50. The van der Waals surface area contributed by atoms with Gasteiger partial charge in [0, 0.05) is 18.8 Å². The molecule has 0 aliphatic heterocycles. The standard InChI is InChI=1S/C21H25NO4/c1-4-15-25-20(23)16-9-13-19(14-10-16)26-21(24)17-7-11-18(12-8-17)22(5-2)6-3/h7-14H,4-6,15H2,1-3H3. The van der Waals surface area contributed by atoms with Crippen molar-refractivity contribution < 1.29 is 19.1 Å². The molecule has 0 spiro atoms. The fourth-order valence-electron chi connectivity index (χ4n) is 2.50. The summed E-state index contributed by atoms with van der Waals surface area (Å²) >= 11 is 0. The zero-order chi connectivity index (χ0) is 18.9. The van der Waals surface area contributed by atoms with Gasteiger partial charge in [-0.25, -0.2) is 9.59 Å². The van der Waals surface area contributed by atoms with Gasteiger partial charge in [0.2, 0.25) is 0 Å². The van der Waals surface area contributed by atoms with Gasteiger partial charge in [0.15, 0.2) is 0 Å². The Labute approximate surface area is 154 Å². The minimum Gasteiger partial charge on any atom is -0.462 e. The zero-order valence-electron chi connectivity index (χ0n) is 15.5. The number of carbonyl (C=O) groups is 2. The van der Waals surface area contributed by atoms with Crippen LogP contribution in [0.25, 0.3) is 0 Å². The summed E-state index contributed by atoms with van der Waals surface area (Å²) < 4.78 is 10.4. The molecule has 0 aliphatic rings. The third-order valence-corrected chi connectivity index (χ3v) is 3.97. The average Bonchev–Trinajstić information content (AvgIpc) is 2.68. The summed E-state index contributed by atoms with van der Waals surface area (Å²) in [4.78, 5) is 26.2. The molecule has 0 fully saturated rings. The van der Waals surface area contributed by atoms with Gasteiger partial charge in [0.05, 0.1) is 17.7 Å². The Morgan fingerprint density at radius 3 is 1.88 bits per heavy atom. The first kappa shape index (κ1) is 19.5. The van der Waals surface area contributed by atoms with Gasteiger partial charge in [0.1, 0.15) is 5.75 Å². The highest BCUT2D eigenvalue weighted by atomic mass is 16.5. The van der Waals surface area contributed by atoms with Gasteiger partial charge >= 0.3 is 11.9 Å². The van der Waals surface area contributed by atoms with Crippen molar-refractivity contribution in [1.82, 2.24) is 0 Å². The second kappa shape index (κ2) is 9.61. The molecule has 0 unspecified atom stereocenters. The third kappa shape index (κ3) is 5.09. The van der Waals surface area contributed by atoms with E-state index in [0.717, 1.165) is 25.2 Å². The molecule has 2 rings (SSSR count). The monoisotopic (exact) mass is 355 g/mol. The minimum atomic E-state index is -0.433. The first-order valence-electron chi connectivity index (χ1n) is 8.93. The van der Waals surface area contributed by atoms with Crippen LogP contribution < -0.4 is 9.64 Å². The highest BCUT2D eigenvalue weighted by molar-refractivity contribution is 5.92. The number of benzene rings is 2. The van der Waals surface area contributed by atoms with Crippen molar-refractivity contribution >= 4 is 17.6 Å². The number of rotatable bonds is 8. The van der Waals surface area contributed by atoms with Gasteiger partial charge < -0.3 is 14.4 Å². The van der Waals surface area contributed by atoms with E-state index in [2.05, 4.69) is 18.7 Å². The summed E-state index contributed by atoms with van der Waals surface area (Å²) in [5, 5.41) is 0. The van der Waals surface area contributed by atoms with Crippen LogP contribution in [0.5, 0.6) is 5.75 Å². The van der Waals surface area contributed by atoms with E-state index in [1.54, 1.807) is 36.4 Å². The van der Waals surface area contributed by atoms with Gasteiger partial charge in [-0.15, -0.1) is 0 Å². The predicted octanol–water partition coefficient (Wildman–Crippen LogP) is 4.32. The fraction of sp³-hybridized carbons (Fsp3) is 0.333. The smallest absolute Gasteiger partial charge is 0.343 e. The lowest BCUT2D eigenvalue weighted by Crippen LogP contribution is -2.21. The second-order valence-electron chi connectivity index (χ2n) is 5.77. The molecule has 0 aromatic heterocycles. The molecule has 2 aromatic carbocycles. The molecule has 5 heteroatoms. The van der Waals surface area contributed by atoms with Crippen LogP contribution >= 0.6 is 0 Å². The highest BCUT2D eigenvalue weighted by Crippen LogP contribution is 2.18. The van der Waals surface area contributed by atoms with Crippen LogP contribution in [0.1, 0.15) is 47.9 Å². The number of hydrogen-bond donors (Lipinski definition) is 0. The zero-order valence-corrected chi connectivity index (χ0v) is 15.5. The molecule has 0 N–H and O–H groups in total. The van der Waals surface area contributed by atoms with Crippen LogP contribution in [0.4, 0.5) is 5.69 Å². The maximum Gasteiger partial charge on any atom is 0.343 e. The molecule has 5 nitrogen and oxygen atoms in total. The molecule has 2 aromatic rings. The van der Waals surface area contributed by atoms with Crippen molar-refractivity contribution in [3.05, 3.63) is 59.7 Å². The molecular formula is C21H25NO4. The van der Waals surface area contributed by atoms with Crippen molar-refractivity contribution in [1.29, 1.82) is 0 Å². The van der Waals surface area contributed by atoms with E-state index in [1.165, 1.54) is 0 Å². The summed E-state index contributed by atoms with van der Waals surface area (Å²) in [7, 11) is 0. The van der Waals surface area contributed by atoms with Gasteiger partial charge in [0.25, 0.3) is 0 Å². The molecule has 0 heterocycles. The van der Waals surface area contributed by atoms with E-state index in [-0.39, 0.29) is 5.97 Å². The van der Waals surface area contributed by atoms with Crippen molar-refractivity contribution in [3.8, 4) is 5.75 Å². The summed E-state index contributed by atoms with van der Waals surface area (Å²) in [5.41, 5.74) is 1.98. The Morgan fingerprint density at radius 2 is 1.35 bits per heavy atom. The molecule has 0 bridgehead atoms. The molecule has 138 valence electrons. The lowest BCUT2D eigenvalue weighted by molar-refractivity contribution is 0.0505. The van der Waals surface area contributed by atoms with Crippen LogP contribution in [-0.2, 0) is 4.74 Å². The van der Waals surface area contributed by atoms with E-state index in [9.17, 15) is 9.59 Å². The van der Waals surface area contributed by atoms with Crippen LogP contribution in [-0.4, -0.2) is 31.6 Å². The molecule has 26 heavy (non-hydrogen) atoms. The number of ether oxygens (including phenoxy) is 2. The minimum absolute atomic E-state index is 0.378. The molecule has 0 atom stereocenters. The number of esters is 2. The van der Waals surface area contributed by atoms with E-state index in [1.807, 2.05) is 19.1 Å². The molecule has 0 amide bonds. The van der Waals surface area contributed by atoms with E-state index in [4.69, 9.17) is 9.47 Å². The second-order valence-corrected chi connectivity index (χ2v) is 5.77. The SMILES string of the molecule is CCCOC(=O)c1ccc(OC(=O)c2ccc(N(CC)CC)cc2)cc1. The lowest BCUT2D eigenvalue weighted by Gasteiger charge is -2.20. The van der Waals surface area contributed by atoms with Crippen molar-refractivity contribution in [3.63, 3.8) is 0 Å². The Bertz CT molecular complexity index is 719. The molecular weight excluding hydrogens is 330 g/mol. The summed E-state index contributed by atoms with van der Waals surface area (Å²) in [6, 6.07) is 13.7. The Balaban J connectivity index is 2.00. The molecule has 0 radical (unpaired) electrons. The highest BCUT2D eigenvalue weighted by Gasteiger charge is 2.11. The van der Waals surface area contributed by atoms with Gasteiger partial charge in [-0.2, -0.15) is 0 Å². The molecule has 0 aliphatic carbocycles. The molecule has 0 saturated carbocycles. The van der Waals surface area contributed by atoms with Crippen LogP contribution in [0.15, 0.2) is 48.5 Å². The van der Waals surface area contributed by atoms with Crippen molar-refractivity contribution in [2.24, 2.45) is 0 Å². The van der Waals surface area contributed by atoms with Crippen LogP contribution in [0.3, 0.4) is 0 Å². The predicted molar refractivity (Wildman–Crippen MR) is 102 cm³/mol. The van der Waals surface area contributed by atoms with Crippen molar-refractivity contribution in [2.75, 3.05) is 24.6 Å². The van der Waals surface area contributed by atoms with Gasteiger partial charge in [-0.05, 0) is 68.8 Å². The maximum atomic E-state index is 12.3. The van der Waals surface area contributed by atoms with Crippen molar-refractivity contribution in [2.45, 2.75) is 27.2 Å². The number of anilines is 1. The van der Waals surface area contributed by atoms with Crippen LogP contribution in [0.2, 0.25) is 0 Å². The Kier molecular flexibility index (Phi) is 7.21. The third-order valence-electron chi connectivity index (χ3n) is 3.97. The number of nitrogens with zero attached hydrogens (tertiary/aromatic N) is 1. The lowest BCUT2D eigenvalue weighted by atomic mass is 10.2. The topological polar surface area (TPSA) is 55.8 Å². The average molecular weight is 355 g/mol. The van der Waals surface area contributed by atoms with Crippen LogP contribution in [0, 0.1) is 0 Å². The van der Waals surface area contributed by atoms with Gasteiger partial charge in [-0.1, -0.05) is 6.92 Å².